The molecule has 0 fully saturated rings. The molecule has 9 heavy (non-hydrogen) atoms. The second kappa shape index (κ2) is 3.15. The number of hydrogen-bond acceptors (Lipinski definition) is 2. The van der Waals surface area contributed by atoms with Gasteiger partial charge < -0.3 is 14.9 Å². The second-order valence-electron chi connectivity index (χ2n) is 3.15. The molecule has 0 aromatic rings. The van der Waals surface area contributed by atoms with E-state index in [0.29, 0.717) is 11.0 Å². The highest BCUT2D eigenvalue weighted by Gasteiger charge is 2.18. The van der Waals surface area contributed by atoms with Crippen LogP contribution in [0, 0.1) is 0 Å². The van der Waals surface area contributed by atoms with Crippen molar-refractivity contribution in [3.05, 3.63) is 0 Å². The van der Waals surface area contributed by atoms with Gasteiger partial charge in [0.05, 0.1) is 27.7 Å². The molecule has 0 saturated heterocycles. The van der Waals surface area contributed by atoms with E-state index < -0.39 is 0 Å². The van der Waals surface area contributed by atoms with Crippen molar-refractivity contribution in [3.63, 3.8) is 0 Å². The van der Waals surface area contributed by atoms with Crippen LogP contribution in [0.25, 0.3) is 0 Å². The highest BCUT2D eigenvalue weighted by atomic mass is 16.3. The van der Waals surface area contributed by atoms with Gasteiger partial charge in [0, 0.05) is 0 Å². The summed E-state index contributed by atoms with van der Waals surface area (Å²) >= 11 is 0. The maximum atomic E-state index is 9.30. The molecule has 0 radical (unpaired) electrons. The number of nitrogens with one attached hydrogen (secondary N) is 1. The lowest BCUT2D eigenvalue weighted by molar-refractivity contribution is -0.917. The molecule has 56 valence electrons. The lowest BCUT2D eigenvalue weighted by Gasteiger charge is -2.29. The predicted molar refractivity (Wildman–Crippen MR) is 38.0 cm³/mol. The fraction of sp³-hybridized carbons (Fsp3) is 1.00. The lowest BCUT2D eigenvalue weighted by atomic mass is 10.4. The van der Waals surface area contributed by atoms with Crippen molar-refractivity contribution in [1.29, 1.82) is 0 Å². The third kappa shape index (κ3) is 3.46. The second-order valence-corrected chi connectivity index (χ2v) is 3.15. The third-order valence-corrected chi connectivity index (χ3v) is 1.28. The fourth-order valence-electron chi connectivity index (χ4n) is 0.456. The highest BCUT2D eigenvalue weighted by molar-refractivity contribution is 4.41. The largest absolute Gasteiger partial charge is 0.344 e. The molecule has 0 aliphatic carbocycles. The summed E-state index contributed by atoms with van der Waals surface area (Å²) in [4.78, 5) is 0. The molecule has 0 spiro atoms. The van der Waals surface area contributed by atoms with Gasteiger partial charge in [0.25, 0.3) is 0 Å². The minimum absolute atomic E-state index is 0.310. The van der Waals surface area contributed by atoms with Gasteiger partial charge in [-0.15, -0.1) is 0 Å². The zero-order valence-electron chi connectivity index (χ0n) is 6.68. The Bertz CT molecular complexity index is 77.6. The first-order valence-electron chi connectivity index (χ1n) is 3.12. The van der Waals surface area contributed by atoms with Gasteiger partial charge in [-0.3, -0.25) is 0 Å². The van der Waals surface area contributed by atoms with Crippen LogP contribution in [0.4, 0.5) is 0 Å². The Kier molecular flexibility index (Phi) is 3.11. The Morgan fingerprint density at radius 2 is 1.89 bits per heavy atom. The van der Waals surface area contributed by atoms with E-state index in [0.717, 1.165) is 0 Å². The van der Waals surface area contributed by atoms with Gasteiger partial charge in [-0.2, -0.15) is 0 Å². The summed E-state index contributed by atoms with van der Waals surface area (Å²) in [7, 11) is 7.71. The van der Waals surface area contributed by atoms with Crippen molar-refractivity contribution in [2.75, 3.05) is 34.7 Å². The first-order chi connectivity index (χ1) is 3.98. The fourth-order valence-corrected chi connectivity index (χ4v) is 0.456. The molecule has 3 nitrogen and oxygen atoms in total. The maximum Gasteiger partial charge on any atom is 0.202 e. The molecule has 3 heteroatoms. The van der Waals surface area contributed by atoms with E-state index in [-0.39, 0.29) is 6.23 Å². The van der Waals surface area contributed by atoms with Gasteiger partial charge in [0.1, 0.15) is 0 Å². The molecule has 0 rings (SSSR count). The highest BCUT2D eigenvalue weighted by Crippen LogP contribution is 1.95. The SMILES string of the molecule is CNCC(O)[N+](C)(C)C. The summed E-state index contributed by atoms with van der Waals surface area (Å²) in [5.74, 6) is 0. The van der Waals surface area contributed by atoms with Crippen molar-refractivity contribution >= 4 is 0 Å². The Morgan fingerprint density at radius 1 is 1.44 bits per heavy atom. The number of nitrogens with zero attached hydrogens (tertiary/aromatic N) is 1. The quantitative estimate of drug-likeness (QED) is 0.391. The number of hydrogen-bond donors (Lipinski definition) is 2. The molecule has 0 aliphatic rings. The van der Waals surface area contributed by atoms with Crippen LogP contribution in [0.1, 0.15) is 0 Å². The number of aliphatic hydroxyl groups excluding tert-OH is 1. The van der Waals surface area contributed by atoms with Gasteiger partial charge in [-0.25, -0.2) is 0 Å². The van der Waals surface area contributed by atoms with Crippen molar-refractivity contribution < 1.29 is 9.59 Å². The Balaban J connectivity index is 3.59. The summed E-state index contributed by atoms with van der Waals surface area (Å²) in [5.41, 5.74) is 0. The predicted octanol–water partition coefficient (Wildman–Crippen LogP) is -0.770. The average molecular weight is 133 g/mol. The van der Waals surface area contributed by atoms with Crippen molar-refractivity contribution in [3.8, 4) is 0 Å². The number of likely N-dealkylation sites (N-methyl/N-ethyl adjacent to an activating group) is 2. The molecule has 0 saturated carbocycles. The summed E-state index contributed by atoms with van der Waals surface area (Å²) < 4.78 is 0.584. The summed E-state index contributed by atoms with van der Waals surface area (Å²) in [6, 6.07) is 0. The van der Waals surface area contributed by atoms with Crippen molar-refractivity contribution in [1.82, 2.24) is 5.32 Å². The van der Waals surface area contributed by atoms with Crippen LogP contribution in [0.2, 0.25) is 0 Å². The summed E-state index contributed by atoms with van der Waals surface area (Å²) in [6.07, 6.45) is -0.310. The van der Waals surface area contributed by atoms with Gasteiger partial charge in [-0.05, 0) is 7.05 Å². The van der Waals surface area contributed by atoms with Gasteiger partial charge >= 0.3 is 0 Å². The zero-order valence-corrected chi connectivity index (χ0v) is 6.68. The van der Waals surface area contributed by atoms with Crippen LogP contribution >= 0.6 is 0 Å². The third-order valence-electron chi connectivity index (χ3n) is 1.28. The monoisotopic (exact) mass is 133 g/mol. The van der Waals surface area contributed by atoms with E-state index in [4.69, 9.17) is 0 Å². The average Bonchev–Trinajstić information content (AvgIpc) is 1.64. The number of aliphatic hydroxyl groups is 1. The van der Waals surface area contributed by atoms with Crippen LogP contribution in [0.3, 0.4) is 0 Å². The molecule has 0 aromatic heterocycles. The molecule has 1 unspecified atom stereocenters. The van der Waals surface area contributed by atoms with Crippen LogP contribution in [-0.4, -0.2) is 50.6 Å². The first kappa shape index (κ1) is 8.88. The number of quaternary nitrogens is 1. The van der Waals surface area contributed by atoms with E-state index in [2.05, 4.69) is 5.32 Å². The molecular weight excluding hydrogens is 116 g/mol. The Morgan fingerprint density at radius 3 is 2.00 bits per heavy atom. The molecule has 0 heterocycles. The Hall–Kier alpha value is -0.120. The normalized spacial score (nSPS) is 15.7. The van der Waals surface area contributed by atoms with Crippen LogP contribution in [0.5, 0.6) is 0 Å². The molecule has 2 N–H and O–H groups in total. The minimum Gasteiger partial charge on any atom is -0.344 e. The van der Waals surface area contributed by atoms with Crippen LogP contribution < -0.4 is 5.32 Å². The topological polar surface area (TPSA) is 32.3 Å². The smallest absolute Gasteiger partial charge is 0.202 e. The molecule has 1 atom stereocenters. The Labute approximate surface area is 56.9 Å². The molecule has 0 aromatic carbocycles. The van der Waals surface area contributed by atoms with E-state index in [1.54, 1.807) is 0 Å². The van der Waals surface area contributed by atoms with Crippen LogP contribution in [0.15, 0.2) is 0 Å². The van der Waals surface area contributed by atoms with E-state index in [9.17, 15) is 5.11 Å². The number of rotatable bonds is 3. The summed E-state index contributed by atoms with van der Waals surface area (Å²) in [5, 5.41) is 12.2. The van der Waals surface area contributed by atoms with Crippen LogP contribution in [-0.2, 0) is 0 Å². The molecular formula is C6H17N2O+. The lowest BCUT2D eigenvalue weighted by Crippen LogP contribution is -2.49. The molecule has 0 bridgehead atoms. The maximum absolute atomic E-state index is 9.30. The standard InChI is InChI=1S/C6H17N2O/c1-7-5-6(9)8(2,3)4/h6-7,9H,5H2,1-4H3/q+1. The van der Waals surface area contributed by atoms with Gasteiger partial charge in [0.2, 0.25) is 6.23 Å². The van der Waals surface area contributed by atoms with E-state index in [1.165, 1.54) is 0 Å². The minimum atomic E-state index is -0.310. The van der Waals surface area contributed by atoms with Gasteiger partial charge in [0.15, 0.2) is 0 Å². The van der Waals surface area contributed by atoms with Crippen molar-refractivity contribution in [2.45, 2.75) is 6.23 Å². The first-order valence-corrected chi connectivity index (χ1v) is 3.12. The summed E-state index contributed by atoms with van der Waals surface area (Å²) in [6.45, 7) is 0.642. The molecule has 0 amide bonds. The van der Waals surface area contributed by atoms with E-state index in [1.807, 2.05) is 28.2 Å². The van der Waals surface area contributed by atoms with E-state index >= 15 is 0 Å². The van der Waals surface area contributed by atoms with Gasteiger partial charge in [-0.1, -0.05) is 0 Å². The van der Waals surface area contributed by atoms with Crippen molar-refractivity contribution in [2.24, 2.45) is 0 Å². The zero-order chi connectivity index (χ0) is 7.49. The molecule has 0 aliphatic heterocycles.